The van der Waals surface area contributed by atoms with Crippen molar-refractivity contribution in [1.82, 2.24) is 10.2 Å². The topological polar surface area (TPSA) is 75.7 Å². The molecule has 1 saturated heterocycles. The van der Waals surface area contributed by atoms with E-state index in [1.54, 1.807) is 0 Å². The van der Waals surface area contributed by atoms with Gasteiger partial charge in [-0.3, -0.25) is 19.3 Å². The number of nitrogens with zero attached hydrogens (tertiary/aromatic N) is 1. The van der Waals surface area contributed by atoms with E-state index in [0.717, 1.165) is 37.8 Å². The molecule has 1 aromatic carbocycles. The molecule has 3 rings (SSSR count). The third-order valence-electron chi connectivity index (χ3n) is 5.35. The number of benzene rings is 1. The highest BCUT2D eigenvalue weighted by Crippen LogP contribution is 2.38. The van der Waals surface area contributed by atoms with Crippen LogP contribution in [0.25, 0.3) is 0 Å². The zero-order valence-electron chi connectivity index (χ0n) is 15.8. The van der Waals surface area contributed by atoms with Crippen LogP contribution in [0.5, 0.6) is 5.75 Å². The SMILES string of the molecule is O=C(CCN1C(=O)C2CCCCC2C1=O)NCCOc1cccc(C(F)(F)F)c1. The Morgan fingerprint density at radius 2 is 1.79 bits per heavy atom. The summed E-state index contributed by atoms with van der Waals surface area (Å²) in [6.45, 7) is 0.145. The van der Waals surface area contributed by atoms with Crippen molar-refractivity contribution in [2.75, 3.05) is 19.7 Å². The fourth-order valence-electron chi connectivity index (χ4n) is 3.87. The third kappa shape index (κ3) is 5.07. The van der Waals surface area contributed by atoms with Gasteiger partial charge in [0, 0.05) is 13.0 Å². The molecule has 1 N–H and O–H groups in total. The molecule has 158 valence electrons. The number of imide groups is 1. The Bertz CT molecular complexity index is 757. The maximum Gasteiger partial charge on any atom is 0.416 e. The van der Waals surface area contributed by atoms with E-state index >= 15 is 0 Å². The molecular formula is C20H23F3N2O4. The Labute approximate surface area is 166 Å². The summed E-state index contributed by atoms with van der Waals surface area (Å²) >= 11 is 0. The van der Waals surface area contributed by atoms with Crippen molar-refractivity contribution >= 4 is 17.7 Å². The van der Waals surface area contributed by atoms with Crippen LogP contribution < -0.4 is 10.1 Å². The molecule has 0 bridgehead atoms. The van der Waals surface area contributed by atoms with Crippen LogP contribution >= 0.6 is 0 Å². The molecule has 0 aromatic heterocycles. The van der Waals surface area contributed by atoms with Crippen LogP contribution in [-0.2, 0) is 20.6 Å². The second kappa shape index (κ2) is 8.84. The van der Waals surface area contributed by atoms with Gasteiger partial charge in [0.05, 0.1) is 23.9 Å². The molecule has 0 spiro atoms. The minimum atomic E-state index is -4.45. The molecule has 2 fully saturated rings. The number of nitrogens with one attached hydrogen (secondary N) is 1. The molecule has 1 aliphatic heterocycles. The molecular weight excluding hydrogens is 389 g/mol. The highest BCUT2D eigenvalue weighted by Gasteiger charge is 2.47. The minimum Gasteiger partial charge on any atom is -0.492 e. The van der Waals surface area contributed by atoms with E-state index in [1.807, 2.05) is 0 Å². The van der Waals surface area contributed by atoms with Gasteiger partial charge in [-0.05, 0) is 31.0 Å². The monoisotopic (exact) mass is 412 g/mol. The van der Waals surface area contributed by atoms with Crippen LogP contribution in [0.15, 0.2) is 24.3 Å². The summed E-state index contributed by atoms with van der Waals surface area (Å²) in [6.07, 6.45) is -1.12. The number of likely N-dealkylation sites (tertiary alicyclic amines) is 1. The van der Waals surface area contributed by atoms with Crippen LogP contribution in [0, 0.1) is 11.8 Å². The predicted octanol–water partition coefficient (Wildman–Crippen LogP) is 2.77. The van der Waals surface area contributed by atoms with E-state index in [-0.39, 0.29) is 61.4 Å². The van der Waals surface area contributed by atoms with E-state index in [1.165, 1.54) is 17.0 Å². The Morgan fingerprint density at radius 1 is 1.14 bits per heavy atom. The maximum absolute atomic E-state index is 12.7. The molecule has 0 radical (unpaired) electrons. The van der Waals surface area contributed by atoms with Crippen molar-refractivity contribution in [2.24, 2.45) is 11.8 Å². The molecule has 2 unspecified atom stereocenters. The van der Waals surface area contributed by atoms with Crippen LogP contribution in [-0.4, -0.2) is 42.3 Å². The number of alkyl halides is 3. The summed E-state index contributed by atoms with van der Waals surface area (Å²) in [6, 6.07) is 4.50. The molecule has 3 amide bonds. The average Bonchev–Trinajstić information content (AvgIpc) is 2.94. The minimum absolute atomic E-state index is 0.00122. The molecule has 1 heterocycles. The Morgan fingerprint density at radius 3 is 2.41 bits per heavy atom. The van der Waals surface area contributed by atoms with Crippen LogP contribution in [0.4, 0.5) is 13.2 Å². The number of carbonyl (C=O) groups is 3. The standard InChI is InChI=1S/C20H23F3N2O4/c21-20(22,23)13-4-3-5-14(12-13)29-11-9-24-17(26)8-10-25-18(27)15-6-1-2-7-16(15)19(25)28/h3-5,12,15-16H,1-2,6-11H2,(H,24,26). The predicted molar refractivity (Wildman–Crippen MR) is 96.7 cm³/mol. The molecule has 2 atom stereocenters. The summed E-state index contributed by atoms with van der Waals surface area (Å²) in [5.74, 6) is -1.13. The number of hydrogen-bond acceptors (Lipinski definition) is 4. The van der Waals surface area contributed by atoms with Gasteiger partial charge in [-0.1, -0.05) is 18.9 Å². The fourth-order valence-corrected chi connectivity index (χ4v) is 3.87. The lowest BCUT2D eigenvalue weighted by Crippen LogP contribution is -2.36. The lowest BCUT2D eigenvalue weighted by atomic mass is 9.81. The first-order valence-corrected chi connectivity index (χ1v) is 9.69. The van der Waals surface area contributed by atoms with Gasteiger partial charge < -0.3 is 10.1 Å². The molecule has 1 aromatic rings. The fraction of sp³-hybridized carbons (Fsp3) is 0.550. The van der Waals surface area contributed by atoms with Crippen molar-refractivity contribution < 1.29 is 32.3 Å². The molecule has 9 heteroatoms. The highest BCUT2D eigenvalue weighted by molar-refractivity contribution is 6.05. The number of fused-ring (bicyclic) bond motifs is 1. The van der Waals surface area contributed by atoms with Crippen LogP contribution in [0.1, 0.15) is 37.7 Å². The summed E-state index contributed by atoms with van der Waals surface area (Å²) in [4.78, 5) is 37.9. The van der Waals surface area contributed by atoms with Gasteiger partial charge in [-0.25, -0.2) is 0 Å². The zero-order chi connectivity index (χ0) is 21.0. The van der Waals surface area contributed by atoms with Gasteiger partial charge in [-0.15, -0.1) is 0 Å². The number of halogens is 3. The molecule has 1 aliphatic carbocycles. The first-order chi connectivity index (χ1) is 13.8. The molecule has 1 saturated carbocycles. The van der Waals surface area contributed by atoms with E-state index < -0.39 is 11.7 Å². The Kier molecular flexibility index (Phi) is 6.44. The number of rotatable bonds is 7. The zero-order valence-corrected chi connectivity index (χ0v) is 15.8. The van der Waals surface area contributed by atoms with Gasteiger partial charge in [0.25, 0.3) is 0 Å². The third-order valence-corrected chi connectivity index (χ3v) is 5.35. The Balaban J connectivity index is 1.39. The van der Waals surface area contributed by atoms with Crippen molar-refractivity contribution in [3.8, 4) is 5.75 Å². The molecule has 2 aliphatic rings. The number of hydrogen-bond donors (Lipinski definition) is 1. The lowest BCUT2D eigenvalue weighted by molar-refractivity contribution is -0.140. The summed E-state index contributed by atoms with van der Waals surface area (Å²) in [5.41, 5.74) is -0.806. The van der Waals surface area contributed by atoms with Gasteiger partial charge >= 0.3 is 6.18 Å². The summed E-state index contributed by atoms with van der Waals surface area (Å²) in [7, 11) is 0. The largest absolute Gasteiger partial charge is 0.492 e. The molecule has 29 heavy (non-hydrogen) atoms. The van der Waals surface area contributed by atoms with E-state index in [2.05, 4.69) is 5.32 Å². The first kappa shape index (κ1) is 21.1. The normalized spacial score (nSPS) is 21.8. The van der Waals surface area contributed by atoms with Crippen molar-refractivity contribution in [3.05, 3.63) is 29.8 Å². The quantitative estimate of drug-likeness (QED) is 0.552. The van der Waals surface area contributed by atoms with Crippen molar-refractivity contribution in [3.63, 3.8) is 0 Å². The summed E-state index contributed by atoms with van der Waals surface area (Å²) < 4.78 is 43.2. The smallest absolute Gasteiger partial charge is 0.416 e. The van der Waals surface area contributed by atoms with Crippen LogP contribution in [0.3, 0.4) is 0 Å². The van der Waals surface area contributed by atoms with Crippen molar-refractivity contribution in [1.29, 1.82) is 0 Å². The number of carbonyl (C=O) groups excluding carboxylic acids is 3. The summed E-state index contributed by atoms with van der Waals surface area (Å²) in [5, 5.41) is 2.58. The van der Waals surface area contributed by atoms with E-state index in [9.17, 15) is 27.6 Å². The number of amides is 3. The first-order valence-electron chi connectivity index (χ1n) is 9.69. The van der Waals surface area contributed by atoms with Crippen LogP contribution in [0.2, 0.25) is 0 Å². The van der Waals surface area contributed by atoms with Crippen molar-refractivity contribution in [2.45, 2.75) is 38.3 Å². The van der Waals surface area contributed by atoms with E-state index in [0.29, 0.717) is 0 Å². The average molecular weight is 412 g/mol. The second-order valence-corrected chi connectivity index (χ2v) is 7.30. The Hall–Kier alpha value is -2.58. The second-order valence-electron chi connectivity index (χ2n) is 7.30. The maximum atomic E-state index is 12.7. The van der Waals surface area contributed by atoms with Gasteiger partial charge in [0.1, 0.15) is 12.4 Å². The van der Waals surface area contributed by atoms with E-state index in [4.69, 9.17) is 4.74 Å². The molecule has 6 nitrogen and oxygen atoms in total. The number of ether oxygens (including phenoxy) is 1. The van der Waals surface area contributed by atoms with Gasteiger partial charge in [-0.2, -0.15) is 13.2 Å². The van der Waals surface area contributed by atoms with Gasteiger partial charge in [0.2, 0.25) is 17.7 Å². The lowest BCUT2D eigenvalue weighted by Gasteiger charge is -2.19. The highest BCUT2D eigenvalue weighted by atomic mass is 19.4. The van der Waals surface area contributed by atoms with Gasteiger partial charge in [0.15, 0.2) is 0 Å².